The van der Waals surface area contributed by atoms with Crippen molar-refractivity contribution in [2.75, 3.05) is 0 Å². The summed E-state index contributed by atoms with van der Waals surface area (Å²) in [7, 11) is 0. The van der Waals surface area contributed by atoms with Gasteiger partial charge in [-0.1, -0.05) is 17.7 Å². The van der Waals surface area contributed by atoms with Crippen molar-refractivity contribution >= 4 is 189 Å². The third-order valence-electron chi connectivity index (χ3n) is 7.39. The lowest BCUT2D eigenvalue weighted by Gasteiger charge is -2.06. The fourth-order valence-electron chi connectivity index (χ4n) is 5.71. The first kappa shape index (κ1) is 23.2. The number of thiophene rings is 7. The molecular weight excluding hydrogens is 747 g/mol. The van der Waals surface area contributed by atoms with Crippen molar-refractivity contribution in [2.24, 2.45) is 0 Å². The van der Waals surface area contributed by atoms with Crippen LogP contribution in [0.2, 0.25) is 0 Å². The second kappa shape index (κ2) is 7.93. The van der Waals surface area contributed by atoms with Gasteiger partial charge in [0.15, 0.2) is 0 Å². The SMILES string of the molecule is Cc1ccc(-n2c3cc(Br)sc3c3sc4c5cc6sc7c(sc8c9sc(Br)cc9sc87)c6cc5sc4c32)cc1. The van der Waals surface area contributed by atoms with E-state index in [2.05, 4.69) is 91.9 Å². The molecule has 0 radical (unpaired) electrons. The lowest BCUT2D eigenvalue weighted by atomic mass is 10.2. The molecule has 0 bridgehead atoms. The lowest BCUT2D eigenvalue weighted by molar-refractivity contribution is 1.18. The molecule has 188 valence electrons. The van der Waals surface area contributed by atoms with Crippen LogP contribution in [0, 0.1) is 6.92 Å². The average molecular weight is 758 g/mol. The topological polar surface area (TPSA) is 4.93 Å². The van der Waals surface area contributed by atoms with Gasteiger partial charge in [0.25, 0.3) is 0 Å². The molecule has 0 amide bonds. The Hall–Kier alpha value is -1.34. The smallest absolute Gasteiger partial charge is 0.0837 e. The first-order chi connectivity index (χ1) is 19.0. The lowest BCUT2D eigenvalue weighted by Crippen LogP contribution is -1.92. The third-order valence-corrected chi connectivity index (χ3v) is 17.5. The molecule has 0 N–H and O–H groups in total. The van der Waals surface area contributed by atoms with Gasteiger partial charge in [0.05, 0.1) is 60.9 Å². The molecule has 10 heteroatoms. The number of benzene rings is 2. The molecule has 39 heavy (non-hydrogen) atoms. The average Bonchev–Trinajstić information content (AvgIpc) is 3.74. The van der Waals surface area contributed by atoms with Gasteiger partial charge < -0.3 is 4.57 Å². The van der Waals surface area contributed by atoms with Crippen LogP contribution in [0.25, 0.3) is 83.9 Å². The predicted molar refractivity (Wildman–Crippen MR) is 191 cm³/mol. The Balaban J connectivity index is 1.29. The molecule has 0 saturated heterocycles. The van der Waals surface area contributed by atoms with Gasteiger partial charge in [-0.25, -0.2) is 0 Å². The van der Waals surface area contributed by atoms with Crippen molar-refractivity contribution < 1.29 is 0 Å². The highest BCUT2D eigenvalue weighted by Crippen LogP contribution is 2.55. The number of fused-ring (bicyclic) bond motifs is 14. The van der Waals surface area contributed by atoms with Crippen LogP contribution < -0.4 is 0 Å². The molecule has 0 unspecified atom stereocenters. The van der Waals surface area contributed by atoms with Gasteiger partial charge >= 0.3 is 0 Å². The Morgan fingerprint density at radius 1 is 0.513 bits per heavy atom. The van der Waals surface area contributed by atoms with Crippen molar-refractivity contribution in [2.45, 2.75) is 6.92 Å². The molecule has 0 atom stereocenters. The minimum atomic E-state index is 1.18. The molecule has 0 fully saturated rings. The molecule has 0 aliphatic rings. The standard InChI is InChI=1S/C29H11Br2NS7/c1-10-2-4-11(5-3-10)32-14-8-18(30)36-23(14)26-20(32)25-21(38-26)12-6-16-13(7-15(12)33-25)22-27(34-16)29-28(39-22)24-17(35-29)9-19(31)37-24/h2-9H,1H3. The number of nitrogens with zero attached hydrogens (tertiary/aromatic N) is 1. The molecule has 0 aliphatic carbocycles. The van der Waals surface area contributed by atoms with Gasteiger partial charge in [-0.15, -0.1) is 79.4 Å². The zero-order valence-corrected chi connectivity index (χ0v) is 28.6. The Morgan fingerprint density at radius 3 is 1.87 bits per heavy atom. The van der Waals surface area contributed by atoms with E-state index in [-0.39, 0.29) is 0 Å². The fraction of sp³-hybridized carbons (Fsp3) is 0.0345. The monoisotopic (exact) mass is 755 g/mol. The Morgan fingerprint density at radius 2 is 1.08 bits per heavy atom. The summed E-state index contributed by atoms with van der Waals surface area (Å²) in [5.74, 6) is 0. The van der Waals surface area contributed by atoms with Gasteiger partial charge in [0.1, 0.15) is 0 Å². The number of halogens is 2. The molecule has 2 aromatic carbocycles. The highest BCUT2D eigenvalue weighted by Gasteiger charge is 2.24. The first-order valence-electron chi connectivity index (χ1n) is 12.0. The summed E-state index contributed by atoms with van der Waals surface area (Å²) in [6, 6.07) is 18.5. The molecule has 10 rings (SSSR count). The van der Waals surface area contributed by atoms with E-state index in [1.54, 1.807) is 0 Å². The van der Waals surface area contributed by atoms with Crippen LogP contribution in [0.3, 0.4) is 0 Å². The largest absolute Gasteiger partial charge is 0.306 e. The van der Waals surface area contributed by atoms with E-state index >= 15 is 0 Å². The summed E-state index contributed by atoms with van der Waals surface area (Å²) in [6.07, 6.45) is 0. The van der Waals surface area contributed by atoms with E-state index in [0.717, 1.165) is 0 Å². The molecular formula is C29H11Br2NS7. The Bertz CT molecular complexity index is 2640. The van der Waals surface area contributed by atoms with Crippen molar-refractivity contribution in [3.05, 3.63) is 61.7 Å². The van der Waals surface area contributed by atoms with E-state index in [4.69, 9.17) is 0 Å². The predicted octanol–water partition coefficient (Wildman–Crippen LogP) is 14.0. The first-order valence-corrected chi connectivity index (χ1v) is 19.3. The van der Waals surface area contributed by atoms with Crippen molar-refractivity contribution in [1.82, 2.24) is 4.57 Å². The highest BCUT2D eigenvalue weighted by molar-refractivity contribution is 9.11. The quantitative estimate of drug-likeness (QED) is 0.157. The van der Waals surface area contributed by atoms with Gasteiger partial charge in [-0.05, 0) is 75.2 Å². The van der Waals surface area contributed by atoms with Gasteiger partial charge in [-0.3, -0.25) is 0 Å². The number of aromatic nitrogens is 1. The third kappa shape index (κ3) is 3.02. The molecule has 1 nitrogen and oxygen atoms in total. The van der Waals surface area contributed by atoms with Crippen LogP contribution in [0.15, 0.2) is 56.1 Å². The van der Waals surface area contributed by atoms with Crippen LogP contribution >= 0.6 is 111 Å². The minimum Gasteiger partial charge on any atom is -0.306 e. The zero-order valence-electron chi connectivity index (χ0n) is 19.7. The van der Waals surface area contributed by atoms with E-state index in [9.17, 15) is 0 Å². The van der Waals surface area contributed by atoms with E-state index < -0.39 is 0 Å². The molecule has 0 spiro atoms. The molecule has 10 aromatic rings. The van der Waals surface area contributed by atoms with Crippen molar-refractivity contribution in [1.29, 1.82) is 0 Å². The summed E-state index contributed by atoms with van der Waals surface area (Å²) in [4.78, 5) is 0. The zero-order chi connectivity index (χ0) is 25.7. The normalized spacial score (nSPS) is 13.0. The van der Waals surface area contributed by atoms with Crippen molar-refractivity contribution in [3.8, 4) is 5.69 Å². The molecule has 0 aliphatic heterocycles. The van der Waals surface area contributed by atoms with E-state index in [0.29, 0.717) is 0 Å². The van der Waals surface area contributed by atoms with Gasteiger partial charge in [0, 0.05) is 30.6 Å². The summed E-state index contributed by atoms with van der Waals surface area (Å²) >= 11 is 21.0. The maximum Gasteiger partial charge on any atom is 0.0837 e. The van der Waals surface area contributed by atoms with Crippen molar-refractivity contribution in [3.63, 3.8) is 0 Å². The second-order valence-corrected chi connectivity index (χ2v) is 19.7. The number of hydrogen-bond acceptors (Lipinski definition) is 7. The Labute approximate surface area is 265 Å². The number of aryl methyl sites for hydroxylation is 1. The van der Waals surface area contributed by atoms with Crippen LogP contribution in [-0.2, 0) is 0 Å². The van der Waals surface area contributed by atoms with E-state index in [1.165, 1.54) is 97.0 Å². The number of hydrogen-bond donors (Lipinski definition) is 0. The van der Waals surface area contributed by atoms with Gasteiger partial charge in [-0.2, -0.15) is 0 Å². The maximum absolute atomic E-state index is 3.77. The maximum atomic E-state index is 3.77. The van der Waals surface area contributed by atoms with E-state index in [1.807, 2.05) is 79.4 Å². The minimum absolute atomic E-state index is 1.18. The summed E-state index contributed by atoms with van der Waals surface area (Å²) < 4.78 is 22.0. The van der Waals surface area contributed by atoms with Crippen LogP contribution in [0.4, 0.5) is 0 Å². The van der Waals surface area contributed by atoms with Gasteiger partial charge in [0.2, 0.25) is 0 Å². The fourth-order valence-corrected chi connectivity index (χ4v) is 16.5. The van der Waals surface area contributed by atoms with Crippen LogP contribution in [0.5, 0.6) is 0 Å². The highest BCUT2D eigenvalue weighted by atomic mass is 79.9. The molecule has 8 heterocycles. The summed E-state index contributed by atoms with van der Waals surface area (Å²) in [5.41, 5.74) is 5.18. The van der Waals surface area contributed by atoms with Crippen LogP contribution in [0.1, 0.15) is 5.56 Å². The molecule has 8 aromatic heterocycles. The molecule has 0 saturated carbocycles. The van der Waals surface area contributed by atoms with Crippen LogP contribution in [-0.4, -0.2) is 4.57 Å². The second-order valence-electron chi connectivity index (χ2n) is 9.69. The summed E-state index contributed by atoms with van der Waals surface area (Å²) in [6.45, 7) is 2.16. The Kier molecular flexibility index (Phi) is 4.73. The summed E-state index contributed by atoms with van der Waals surface area (Å²) in [5, 5.41) is 2.83. The number of rotatable bonds is 1.